The molecule has 3 nitrogen and oxygen atoms in total. The van der Waals surface area contributed by atoms with Gasteiger partial charge in [-0.2, -0.15) is 0 Å². The van der Waals surface area contributed by atoms with Crippen molar-refractivity contribution < 1.29 is 9.47 Å². The molecule has 1 aromatic carbocycles. The molecule has 1 aromatic heterocycles. The monoisotopic (exact) mass is 229 g/mol. The first-order chi connectivity index (χ1) is 8.28. The normalized spacial score (nSPS) is 17.3. The molecule has 2 aromatic rings. The summed E-state index contributed by atoms with van der Waals surface area (Å²) in [5.41, 5.74) is 3.56. The van der Waals surface area contributed by atoms with Crippen LogP contribution in [0.4, 0.5) is 0 Å². The molecule has 0 saturated carbocycles. The van der Waals surface area contributed by atoms with E-state index in [2.05, 4.69) is 23.2 Å². The van der Waals surface area contributed by atoms with Crippen molar-refractivity contribution >= 4 is 17.0 Å². The van der Waals surface area contributed by atoms with E-state index in [1.807, 2.05) is 18.2 Å². The largest absolute Gasteiger partial charge is 0.355 e. The summed E-state index contributed by atoms with van der Waals surface area (Å²) >= 11 is 0. The zero-order valence-corrected chi connectivity index (χ0v) is 9.99. The maximum atomic E-state index is 5.48. The van der Waals surface area contributed by atoms with Gasteiger partial charge in [-0.05, 0) is 23.8 Å². The summed E-state index contributed by atoms with van der Waals surface area (Å²) in [5, 5.41) is 1.24. The topological polar surface area (TPSA) is 34.2 Å². The molecule has 3 heteroatoms. The second-order valence-electron chi connectivity index (χ2n) is 4.29. The Morgan fingerprint density at radius 2 is 1.94 bits per heavy atom. The van der Waals surface area contributed by atoms with Gasteiger partial charge >= 0.3 is 0 Å². The third-order valence-electron chi connectivity index (χ3n) is 3.46. The van der Waals surface area contributed by atoms with Crippen molar-refractivity contribution in [3.8, 4) is 0 Å². The third-order valence-corrected chi connectivity index (χ3v) is 3.46. The molecule has 0 fully saturated rings. The van der Waals surface area contributed by atoms with Crippen LogP contribution in [0.1, 0.15) is 11.3 Å². The van der Waals surface area contributed by atoms with Crippen molar-refractivity contribution in [1.29, 1.82) is 0 Å². The number of fused-ring (bicyclic) bond motifs is 3. The number of aromatic amines is 1. The predicted octanol–water partition coefficient (Wildman–Crippen LogP) is 2.73. The first kappa shape index (κ1) is 10.6. The van der Waals surface area contributed by atoms with Crippen LogP contribution >= 0.6 is 0 Å². The van der Waals surface area contributed by atoms with E-state index in [4.69, 9.17) is 9.47 Å². The molecule has 0 amide bonds. The van der Waals surface area contributed by atoms with E-state index >= 15 is 0 Å². The number of hydrogen-bond acceptors (Lipinski definition) is 2. The van der Waals surface area contributed by atoms with Gasteiger partial charge in [-0.3, -0.25) is 0 Å². The molecular formula is C14H15NO2. The Morgan fingerprint density at radius 1 is 1.18 bits per heavy atom. The van der Waals surface area contributed by atoms with Crippen LogP contribution in [0.5, 0.6) is 0 Å². The average molecular weight is 229 g/mol. The molecule has 0 radical (unpaired) electrons. The van der Waals surface area contributed by atoms with Crippen LogP contribution in [0.25, 0.3) is 17.0 Å². The molecule has 1 heterocycles. The summed E-state index contributed by atoms with van der Waals surface area (Å²) in [6.07, 6.45) is 4.73. The summed E-state index contributed by atoms with van der Waals surface area (Å²) in [7, 11) is 3.35. The average Bonchev–Trinajstić information content (AvgIpc) is 2.76. The molecule has 0 atom stereocenters. The van der Waals surface area contributed by atoms with E-state index in [-0.39, 0.29) is 0 Å². The van der Waals surface area contributed by atoms with Gasteiger partial charge in [-0.1, -0.05) is 18.2 Å². The highest BCUT2D eigenvalue weighted by Gasteiger charge is 2.32. The number of rotatable bonds is 2. The maximum absolute atomic E-state index is 5.48. The van der Waals surface area contributed by atoms with Gasteiger partial charge in [0.05, 0.1) is 0 Å². The summed E-state index contributed by atoms with van der Waals surface area (Å²) in [4.78, 5) is 3.40. The zero-order valence-electron chi connectivity index (χ0n) is 9.99. The van der Waals surface area contributed by atoms with E-state index in [0.29, 0.717) is 0 Å². The molecule has 0 bridgehead atoms. The molecule has 1 aliphatic rings. The fourth-order valence-corrected chi connectivity index (χ4v) is 2.43. The lowest BCUT2D eigenvalue weighted by molar-refractivity contribution is -0.168. The molecular weight excluding hydrogens is 214 g/mol. The highest BCUT2D eigenvalue weighted by molar-refractivity contribution is 5.88. The number of benzene rings is 1. The highest BCUT2D eigenvalue weighted by Crippen LogP contribution is 2.33. The van der Waals surface area contributed by atoms with Crippen LogP contribution in [-0.2, 0) is 15.9 Å². The maximum Gasteiger partial charge on any atom is 0.191 e. The van der Waals surface area contributed by atoms with Crippen LogP contribution in [0.2, 0.25) is 0 Å². The van der Waals surface area contributed by atoms with E-state index < -0.39 is 5.79 Å². The number of hydrogen-bond donors (Lipinski definition) is 1. The van der Waals surface area contributed by atoms with Crippen molar-refractivity contribution in [2.45, 2.75) is 12.2 Å². The number of para-hydroxylation sites is 1. The zero-order chi connectivity index (χ0) is 11.9. The van der Waals surface area contributed by atoms with Crippen LogP contribution in [0, 0.1) is 0 Å². The van der Waals surface area contributed by atoms with Crippen LogP contribution in [0.3, 0.4) is 0 Å². The van der Waals surface area contributed by atoms with E-state index in [9.17, 15) is 0 Å². The van der Waals surface area contributed by atoms with E-state index in [1.54, 1.807) is 14.2 Å². The fourth-order valence-electron chi connectivity index (χ4n) is 2.43. The Hall–Kier alpha value is -1.58. The van der Waals surface area contributed by atoms with Gasteiger partial charge in [0.15, 0.2) is 5.79 Å². The SMILES string of the molecule is COC1(OC)C=Cc2[nH]c3ccccc3c2C1. The Kier molecular flexibility index (Phi) is 2.31. The Morgan fingerprint density at radius 3 is 2.71 bits per heavy atom. The van der Waals surface area contributed by atoms with Crippen molar-refractivity contribution in [1.82, 2.24) is 4.98 Å². The van der Waals surface area contributed by atoms with Crippen molar-refractivity contribution in [2.24, 2.45) is 0 Å². The van der Waals surface area contributed by atoms with Gasteiger partial charge in [-0.15, -0.1) is 0 Å². The van der Waals surface area contributed by atoms with Gasteiger partial charge in [0.2, 0.25) is 0 Å². The lowest BCUT2D eigenvalue weighted by Gasteiger charge is -2.30. The molecule has 1 N–H and O–H groups in total. The summed E-state index contributed by atoms with van der Waals surface area (Å²) < 4.78 is 11.0. The number of aromatic nitrogens is 1. The molecule has 17 heavy (non-hydrogen) atoms. The van der Waals surface area contributed by atoms with Gasteiger partial charge in [0.1, 0.15) is 0 Å². The first-order valence-electron chi connectivity index (χ1n) is 5.67. The van der Waals surface area contributed by atoms with Crippen molar-refractivity contribution in [2.75, 3.05) is 14.2 Å². The summed E-state index contributed by atoms with van der Waals surface area (Å²) in [5.74, 6) is -0.627. The van der Waals surface area contributed by atoms with Gasteiger partial charge < -0.3 is 14.5 Å². The Labute approximate surface area is 100 Å². The minimum Gasteiger partial charge on any atom is -0.355 e. The first-order valence-corrected chi connectivity index (χ1v) is 5.67. The predicted molar refractivity (Wildman–Crippen MR) is 67.8 cm³/mol. The molecule has 0 spiro atoms. The molecule has 0 saturated heterocycles. The highest BCUT2D eigenvalue weighted by atomic mass is 16.7. The molecule has 3 rings (SSSR count). The summed E-state index contributed by atoms with van der Waals surface area (Å²) in [6, 6.07) is 8.30. The standard InChI is InChI=1S/C14H15NO2/c1-16-14(17-2)8-7-13-11(9-14)10-5-3-4-6-12(10)15-13/h3-8,15H,9H2,1-2H3. The van der Waals surface area contributed by atoms with Crippen LogP contribution in [-0.4, -0.2) is 25.0 Å². The lowest BCUT2D eigenvalue weighted by Crippen LogP contribution is -2.35. The van der Waals surface area contributed by atoms with Crippen molar-refractivity contribution in [3.05, 3.63) is 41.6 Å². The number of nitrogens with one attached hydrogen (secondary N) is 1. The smallest absolute Gasteiger partial charge is 0.191 e. The second kappa shape index (κ2) is 3.72. The molecule has 88 valence electrons. The van der Waals surface area contributed by atoms with E-state index in [0.717, 1.165) is 17.6 Å². The third kappa shape index (κ3) is 1.51. The van der Waals surface area contributed by atoms with Crippen molar-refractivity contribution in [3.63, 3.8) is 0 Å². The Bertz CT molecular complexity index is 579. The number of H-pyrrole nitrogens is 1. The number of methoxy groups -OCH3 is 2. The number of ether oxygens (including phenoxy) is 2. The van der Waals surface area contributed by atoms with Crippen LogP contribution < -0.4 is 0 Å². The van der Waals surface area contributed by atoms with Gasteiger partial charge in [-0.25, -0.2) is 0 Å². The summed E-state index contributed by atoms with van der Waals surface area (Å²) in [6.45, 7) is 0. The van der Waals surface area contributed by atoms with Crippen LogP contribution in [0.15, 0.2) is 30.3 Å². The van der Waals surface area contributed by atoms with E-state index in [1.165, 1.54) is 10.9 Å². The van der Waals surface area contributed by atoms with Gasteiger partial charge in [0.25, 0.3) is 0 Å². The molecule has 0 aliphatic heterocycles. The van der Waals surface area contributed by atoms with Gasteiger partial charge in [0, 0.05) is 37.2 Å². The minimum atomic E-state index is -0.627. The minimum absolute atomic E-state index is 0.627. The second-order valence-corrected chi connectivity index (χ2v) is 4.29. The quantitative estimate of drug-likeness (QED) is 0.803. The lowest BCUT2D eigenvalue weighted by atomic mass is 9.96. The Balaban J connectivity index is 2.17. The molecule has 0 unspecified atom stereocenters. The molecule has 1 aliphatic carbocycles. The fraction of sp³-hybridized carbons (Fsp3) is 0.286.